The third-order valence-electron chi connectivity index (χ3n) is 3.20. The van der Waals surface area contributed by atoms with Crippen LogP contribution in [0.2, 0.25) is 0 Å². The molecule has 0 radical (unpaired) electrons. The Kier molecular flexibility index (Phi) is 3.96. The van der Waals surface area contributed by atoms with E-state index in [2.05, 4.69) is 33.0 Å². The predicted octanol–water partition coefficient (Wildman–Crippen LogP) is 2.17. The Labute approximate surface area is 88.1 Å². The molecule has 2 nitrogen and oxygen atoms in total. The van der Waals surface area contributed by atoms with Gasteiger partial charge < -0.3 is 10.4 Å². The molecule has 0 aromatic rings. The Bertz CT molecular complexity index is 168. The van der Waals surface area contributed by atoms with Crippen LogP contribution >= 0.6 is 0 Å². The maximum absolute atomic E-state index is 9.87. The minimum atomic E-state index is -0.240. The van der Waals surface area contributed by atoms with Gasteiger partial charge in [0.05, 0.1) is 6.10 Å². The van der Waals surface area contributed by atoms with Gasteiger partial charge in [-0.15, -0.1) is 0 Å². The van der Waals surface area contributed by atoms with Crippen molar-refractivity contribution in [3.05, 3.63) is 0 Å². The van der Waals surface area contributed by atoms with E-state index in [0.717, 1.165) is 12.5 Å². The molecule has 1 rings (SSSR count). The van der Waals surface area contributed by atoms with Gasteiger partial charge in [0.15, 0.2) is 0 Å². The first-order valence-electron chi connectivity index (χ1n) is 5.86. The minimum absolute atomic E-state index is 0.00512. The summed E-state index contributed by atoms with van der Waals surface area (Å²) < 4.78 is 0. The van der Waals surface area contributed by atoms with Gasteiger partial charge in [-0.2, -0.15) is 0 Å². The second-order valence-electron chi connectivity index (χ2n) is 5.64. The van der Waals surface area contributed by atoms with Crippen molar-refractivity contribution in [3.8, 4) is 0 Å². The largest absolute Gasteiger partial charge is 0.391 e. The molecule has 1 aliphatic carbocycles. The molecule has 14 heavy (non-hydrogen) atoms. The Morgan fingerprint density at radius 3 is 2.29 bits per heavy atom. The summed E-state index contributed by atoms with van der Waals surface area (Å²) in [4.78, 5) is 0. The number of hydrogen-bond acceptors (Lipinski definition) is 2. The smallest absolute Gasteiger partial charge is 0.0712 e. The molecule has 0 heterocycles. The maximum atomic E-state index is 9.87. The standard InChI is InChI=1S/C12H25NO/c1-5-10(9-6-7-9)13-8-11(14)12(2,3)4/h9-11,13-14H,5-8H2,1-4H3. The first-order valence-corrected chi connectivity index (χ1v) is 5.86. The van der Waals surface area contributed by atoms with E-state index in [9.17, 15) is 5.11 Å². The van der Waals surface area contributed by atoms with Crippen molar-refractivity contribution in [3.63, 3.8) is 0 Å². The van der Waals surface area contributed by atoms with Crippen molar-refractivity contribution in [2.24, 2.45) is 11.3 Å². The van der Waals surface area contributed by atoms with E-state index in [1.54, 1.807) is 0 Å². The van der Waals surface area contributed by atoms with Crippen molar-refractivity contribution in [2.45, 2.75) is 59.1 Å². The predicted molar refractivity (Wildman–Crippen MR) is 60.3 cm³/mol. The van der Waals surface area contributed by atoms with Gasteiger partial charge in [-0.1, -0.05) is 27.7 Å². The summed E-state index contributed by atoms with van der Waals surface area (Å²) in [6.07, 6.45) is 3.69. The zero-order chi connectivity index (χ0) is 10.8. The van der Waals surface area contributed by atoms with Gasteiger partial charge in [-0.25, -0.2) is 0 Å². The van der Waals surface area contributed by atoms with Gasteiger partial charge in [-0.3, -0.25) is 0 Å². The second kappa shape index (κ2) is 4.63. The van der Waals surface area contributed by atoms with Crippen LogP contribution in [0, 0.1) is 11.3 Å². The summed E-state index contributed by atoms with van der Waals surface area (Å²) in [6.45, 7) is 9.20. The molecule has 1 saturated carbocycles. The summed E-state index contributed by atoms with van der Waals surface area (Å²) in [5.41, 5.74) is -0.00512. The van der Waals surface area contributed by atoms with Crippen molar-refractivity contribution in [1.82, 2.24) is 5.32 Å². The molecule has 0 bridgehead atoms. The van der Waals surface area contributed by atoms with E-state index in [1.807, 2.05) is 0 Å². The van der Waals surface area contributed by atoms with Gasteiger partial charge in [0.25, 0.3) is 0 Å². The van der Waals surface area contributed by atoms with Gasteiger partial charge in [-0.05, 0) is 30.6 Å². The summed E-state index contributed by atoms with van der Waals surface area (Å²) in [6, 6.07) is 0.631. The average Bonchev–Trinajstić information content (AvgIpc) is 2.87. The fourth-order valence-corrected chi connectivity index (χ4v) is 1.71. The van der Waals surface area contributed by atoms with Crippen LogP contribution in [0.25, 0.3) is 0 Å². The van der Waals surface area contributed by atoms with Crippen LogP contribution in [0.1, 0.15) is 47.0 Å². The van der Waals surface area contributed by atoms with Crippen molar-refractivity contribution in [1.29, 1.82) is 0 Å². The molecule has 2 N–H and O–H groups in total. The Morgan fingerprint density at radius 2 is 1.93 bits per heavy atom. The molecular weight excluding hydrogens is 174 g/mol. The van der Waals surface area contributed by atoms with Crippen LogP contribution in [-0.2, 0) is 0 Å². The molecule has 2 atom stereocenters. The van der Waals surface area contributed by atoms with E-state index in [4.69, 9.17) is 0 Å². The van der Waals surface area contributed by atoms with Crippen LogP contribution in [-0.4, -0.2) is 23.8 Å². The van der Waals surface area contributed by atoms with Crippen LogP contribution in [0.5, 0.6) is 0 Å². The fourth-order valence-electron chi connectivity index (χ4n) is 1.71. The molecule has 2 heteroatoms. The first-order chi connectivity index (χ1) is 6.45. The average molecular weight is 199 g/mol. The van der Waals surface area contributed by atoms with Crippen LogP contribution in [0.3, 0.4) is 0 Å². The molecule has 0 aromatic carbocycles. The van der Waals surface area contributed by atoms with E-state index in [-0.39, 0.29) is 11.5 Å². The number of hydrogen-bond donors (Lipinski definition) is 2. The van der Waals surface area contributed by atoms with E-state index < -0.39 is 0 Å². The quantitative estimate of drug-likeness (QED) is 0.711. The zero-order valence-electron chi connectivity index (χ0n) is 10.0. The van der Waals surface area contributed by atoms with Crippen LogP contribution in [0.4, 0.5) is 0 Å². The third-order valence-corrected chi connectivity index (χ3v) is 3.20. The Balaban J connectivity index is 2.24. The number of aliphatic hydroxyl groups is 1. The van der Waals surface area contributed by atoms with Crippen LogP contribution in [0.15, 0.2) is 0 Å². The summed E-state index contributed by atoms with van der Waals surface area (Å²) in [5.74, 6) is 0.882. The van der Waals surface area contributed by atoms with Crippen molar-refractivity contribution < 1.29 is 5.11 Å². The highest BCUT2D eigenvalue weighted by atomic mass is 16.3. The maximum Gasteiger partial charge on any atom is 0.0712 e. The molecule has 84 valence electrons. The first kappa shape index (κ1) is 12.0. The lowest BCUT2D eigenvalue weighted by Gasteiger charge is -2.28. The Hall–Kier alpha value is -0.0800. The van der Waals surface area contributed by atoms with Crippen molar-refractivity contribution >= 4 is 0 Å². The monoisotopic (exact) mass is 199 g/mol. The summed E-state index contributed by atoms with van der Waals surface area (Å²) >= 11 is 0. The third kappa shape index (κ3) is 3.58. The topological polar surface area (TPSA) is 32.3 Å². The second-order valence-corrected chi connectivity index (χ2v) is 5.64. The van der Waals surface area contributed by atoms with Gasteiger partial charge in [0.1, 0.15) is 0 Å². The molecule has 0 aromatic heterocycles. The zero-order valence-corrected chi connectivity index (χ0v) is 10.0. The summed E-state index contributed by atoms with van der Waals surface area (Å²) in [5, 5.41) is 13.4. The molecule has 1 fully saturated rings. The highest BCUT2D eigenvalue weighted by molar-refractivity contribution is 4.87. The van der Waals surface area contributed by atoms with Gasteiger partial charge in [0.2, 0.25) is 0 Å². The Morgan fingerprint density at radius 1 is 1.36 bits per heavy atom. The van der Waals surface area contributed by atoms with E-state index in [1.165, 1.54) is 19.3 Å². The summed E-state index contributed by atoms with van der Waals surface area (Å²) in [7, 11) is 0. The number of aliphatic hydroxyl groups excluding tert-OH is 1. The molecule has 0 amide bonds. The fraction of sp³-hybridized carbons (Fsp3) is 1.00. The normalized spacial score (nSPS) is 22.1. The molecular formula is C12H25NO. The van der Waals surface area contributed by atoms with Crippen molar-refractivity contribution in [2.75, 3.05) is 6.54 Å². The lowest BCUT2D eigenvalue weighted by Crippen LogP contribution is -2.41. The molecule has 0 saturated heterocycles. The lowest BCUT2D eigenvalue weighted by molar-refractivity contribution is 0.0596. The van der Waals surface area contributed by atoms with E-state index in [0.29, 0.717) is 6.04 Å². The molecule has 1 aliphatic rings. The number of rotatable bonds is 5. The lowest BCUT2D eigenvalue weighted by atomic mass is 9.89. The minimum Gasteiger partial charge on any atom is -0.391 e. The SMILES string of the molecule is CCC(NCC(O)C(C)(C)C)C1CC1. The van der Waals surface area contributed by atoms with Crippen LogP contribution < -0.4 is 5.32 Å². The highest BCUT2D eigenvalue weighted by Gasteiger charge is 2.31. The van der Waals surface area contributed by atoms with Gasteiger partial charge in [0, 0.05) is 12.6 Å². The highest BCUT2D eigenvalue weighted by Crippen LogP contribution is 2.34. The van der Waals surface area contributed by atoms with E-state index >= 15 is 0 Å². The number of nitrogens with one attached hydrogen (secondary N) is 1. The molecule has 0 spiro atoms. The van der Waals surface area contributed by atoms with Gasteiger partial charge >= 0.3 is 0 Å². The molecule has 2 unspecified atom stereocenters. The molecule has 0 aliphatic heterocycles.